The summed E-state index contributed by atoms with van der Waals surface area (Å²) in [7, 11) is 0. The van der Waals surface area contributed by atoms with Crippen molar-refractivity contribution >= 4 is 5.91 Å². The Morgan fingerprint density at radius 2 is 1.94 bits per heavy atom. The van der Waals surface area contributed by atoms with Crippen LogP contribution in [0.3, 0.4) is 0 Å². The zero-order valence-electron chi connectivity index (χ0n) is 11.7. The van der Waals surface area contributed by atoms with Crippen molar-refractivity contribution in [3.8, 4) is 0 Å². The molecule has 3 N–H and O–H groups in total. The summed E-state index contributed by atoms with van der Waals surface area (Å²) in [5.74, 6) is 1.90. The van der Waals surface area contributed by atoms with E-state index in [4.69, 9.17) is 5.73 Å². The zero-order chi connectivity index (χ0) is 13.0. The highest BCUT2D eigenvalue weighted by Crippen LogP contribution is 2.32. The number of hydrogen-bond acceptors (Lipinski definition) is 2. The summed E-state index contributed by atoms with van der Waals surface area (Å²) in [5, 5.41) is 3.06. The summed E-state index contributed by atoms with van der Waals surface area (Å²) < 4.78 is 0. The summed E-state index contributed by atoms with van der Waals surface area (Å²) in [6.45, 7) is 2.80. The fourth-order valence-electron chi connectivity index (χ4n) is 3.16. The number of amides is 1. The molecule has 0 radical (unpaired) electrons. The molecule has 0 heterocycles. The van der Waals surface area contributed by atoms with E-state index >= 15 is 0 Å². The van der Waals surface area contributed by atoms with E-state index in [0.29, 0.717) is 12.5 Å². The molecule has 2 fully saturated rings. The molecule has 2 unspecified atom stereocenters. The fourth-order valence-corrected chi connectivity index (χ4v) is 3.16. The average Bonchev–Trinajstić information content (AvgIpc) is 3.11. The molecule has 0 aromatic carbocycles. The molecule has 2 aliphatic rings. The monoisotopic (exact) mass is 252 g/mol. The molecule has 0 aliphatic heterocycles. The number of nitrogens with two attached hydrogens (primary N) is 1. The van der Waals surface area contributed by atoms with Crippen molar-refractivity contribution in [3.05, 3.63) is 0 Å². The Bertz CT molecular complexity index is 270. The van der Waals surface area contributed by atoms with Crippen LogP contribution < -0.4 is 11.1 Å². The number of carbonyl (C=O) groups excluding carboxylic acids is 1. The van der Waals surface area contributed by atoms with E-state index in [1.165, 1.54) is 38.5 Å². The van der Waals surface area contributed by atoms with Crippen LogP contribution in [-0.4, -0.2) is 18.5 Å². The first-order chi connectivity index (χ1) is 8.70. The minimum atomic E-state index is 0.179. The number of rotatable bonds is 7. The predicted octanol–water partition coefficient (Wildman–Crippen LogP) is 2.45. The summed E-state index contributed by atoms with van der Waals surface area (Å²) in [6, 6.07) is 0.179. The van der Waals surface area contributed by atoms with Crippen LogP contribution in [0.4, 0.5) is 0 Å². The quantitative estimate of drug-likeness (QED) is 0.731. The summed E-state index contributed by atoms with van der Waals surface area (Å²) in [5.41, 5.74) is 6.02. The van der Waals surface area contributed by atoms with Crippen molar-refractivity contribution in [2.45, 2.75) is 64.3 Å². The van der Waals surface area contributed by atoms with Crippen LogP contribution in [0.2, 0.25) is 0 Å². The van der Waals surface area contributed by atoms with E-state index in [2.05, 4.69) is 12.2 Å². The van der Waals surface area contributed by atoms with Gasteiger partial charge in [-0.05, 0) is 37.5 Å². The summed E-state index contributed by atoms with van der Waals surface area (Å²) >= 11 is 0. The zero-order valence-corrected chi connectivity index (χ0v) is 11.7. The standard InChI is InChI=1S/C15H28N2O/c1-2-12(9-11-5-3-4-6-11)15(18)17-10-14(16)13-7-8-13/h11-14H,2-10,16H2,1H3,(H,17,18). The van der Waals surface area contributed by atoms with Gasteiger partial charge in [0, 0.05) is 18.5 Å². The molecule has 0 aromatic heterocycles. The lowest BCUT2D eigenvalue weighted by atomic mass is 9.91. The van der Waals surface area contributed by atoms with E-state index in [0.717, 1.165) is 18.8 Å². The molecule has 1 amide bonds. The van der Waals surface area contributed by atoms with Gasteiger partial charge in [0.2, 0.25) is 5.91 Å². The van der Waals surface area contributed by atoms with Crippen molar-refractivity contribution in [2.75, 3.05) is 6.54 Å². The third-order valence-electron chi connectivity index (χ3n) is 4.70. The van der Waals surface area contributed by atoms with E-state index in [9.17, 15) is 4.79 Å². The molecule has 3 nitrogen and oxygen atoms in total. The molecule has 3 heteroatoms. The molecule has 104 valence electrons. The SMILES string of the molecule is CCC(CC1CCCC1)C(=O)NCC(N)C1CC1. The lowest BCUT2D eigenvalue weighted by molar-refractivity contribution is -0.125. The first-order valence-electron chi connectivity index (χ1n) is 7.74. The van der Waals surface area contributed by atoms with Gasteiger partial charge in [0.1, 0.15) is 0 Å². The highest BCUT2D eigenvalue weighted by atomic mass is 16.1. The Hall–Kier alpha value is -0.570. The minimum absolute atomic E-state index is 0.179. The Kier molecular flexibility index (Phi) is 5.04. The molecule has 2 aliphatic carbocycles. The Morgan fingerprint density at radius 1 is 1.28 bits per heavy atom. The van der Waals surface area contributed by atoms with Gasteiger partial charge in [-0.2, -0.15) is 0 Å². The summed E-state index contributed by atoms with van der Waals surface area (Å²) in [6.07, 6.45) is 9.90. The smallest absolute Gasteiger partial charge is 0.223 e. The first-order valence-corrected chi connectivity index (χ1v) is 7.74. The van der Waals surface area contributed by atoms with Crippen molar-refractivity contribution in [1.29, 1.82) is 0 Å². The molecule has 2 saturated carbocycles. The van der Waals surface area contributed by atoms with Crippen molar-refractivity contribution in [2.24, 2.45) is 23.5 Å². The molecule has 0 bridgehead atoms. The van der Waals surface area contributed by atoms with Crippen LogP contribution in [-0.2, 0) is 4.79 Å². The van der Waals surface area contributed by atoms with Gasteiger partial charge in [-0.25, -0.2) is 0 Å². The van der Waals surface area contributed by atoms with E-state index < -0.39 is 0 Å². The van der Waals surface area contributed by atoms with Gasteiger partial charge in [0.25, 0.3) is 0 Å². The maximum atomic E-state index is 12.1. The molecule has 2 atom stereocenters. The second-order valence-corrected chi connectivity index (χ2v) is 6.24. The number of carbonyl (C=O) groups is 1. The van der Waals surface area contributed by atoms with Crippen LogP contribution in [0, 0.1) is 17.8 Å². The second kappa shape index (κ2) is 6.55. The second-order valence-electron chi connectivity index (χ2n) is 6.24. The first kappa shape index (κ1) is 13.9. The maximum absolute atomic E-state index is 12.1. The van der Waals surface area contributed by atoms with Crippen LogP contribution in [0.25, 0.3) is 0 Å². The van der Waals surface area contributed by atoms with Crippen LogP contribution in [0.5, 0.6) is 0 Å². The predicted molar refractivity (Wildman–Crippen MR) is 74.1 cm³/mol. The minimum Gasteiger partial charge on any atom is -0.354 e. The summed E-state index contributed by atoms with van der Waals surface area (Å²) in [4.78, 5) is 12.1. The van der Waals surface area contributed by atoms with Crippen molar-refractivity contribution < 1.29 is 4.79 Å². The average molecular weight is 252 g/mol. The normalized spacial score (nSPS) is 23.9. The lowest BCUT2D eigenvalue weighted by Gasteiger charge is -2.20. The molecular formula is C15H28N2O. The van der Waals surface area contributed by atoms with Gasteiger partial charge < -0.3 is 11.1 Å². The topological polar surface area (TPSA) is 55.1 Å². The molecule has 0 spiro atoms. The molecule has 2 rings (SSSR count). The van der Waals surface area contributed by atoms with Crippen molar-refractivity contribution in [3.63, 3.8) is 0 Å². The van der Waals surface area contributed by atoms with Gasteiger partial charge in [0.15, 0.2) is 0 Å². The highest BCUT2D eigenvalue weighted by molar-refractivity contribution is 5.78. The lowest BCUT2D eigenvalue weighted by Crippen LogP contribution is -2.41. The third kappa shape index (κ3) is 3.98. The van der Waals surface area contributed by atoms with E-state index in [1.54, 1.807) is 0 Å². The largest absolute Gasteiger partial charge is 0.354 e. The Morgan fingerprint density at radius 3 is 2.50 bits per heavy atom. The van der Waals surface area contributed by atoms with Crippen molar-refractivity contribution in [1.82, 2.24) is 5.32 Å². The maximum Gasteiger partial charge on any atom is 0.223 e. The number of nitrogens with one attached hydrogen (secondary N) is 1. The molecule has 0 saturated heterocycles. The fraction of sp³-hybridized carbons (Fsp3) is 0.933. The van der Waals surface area contributed by atoms with Crippen LogP contribution >= 0.6 is 0 Å². The van der Waals surface area contributed by atoms with E-state index in [1.807, 2.05) is 0 Å². The van der Waals surface area contributed by atoms with E-state index in [-0.39, 0.29) is 17.9 Å². The van der Waals surface area contributed by atoms with Gasteiger partial charge in [-0.15, -0.1) is 0 Å². The number of hydrogen-bond donors (Lipinski definition) is 2. The molecular weight excluding hydrogens is 224 g/mol. The Balaban J connectivity index is 1.70. The van der Waals surface area contributed by atoms with Gasteiger partial charge in [-0.3, -0.25) is 4.79 Å². The highest BCUT2D eigenvalue weighted by Gasteiger charge is 2.29. The van der Waals surface area contributed by atoms with Crippen LogP contribution in [0.15, 0.2) is 0 Å². The van der Waals surface area contributed by atoms with Gasteiger partial charge in [-0.1, -0.05) is 32.6 Å². The Labute approximate surface area is 111 Å². The van der Waals surface area contributed by atoms with Gasteiger partial charge >= 0.3 is 0 Å². The van der Waals surface area contributed by atoms with Gasteiger partial charge in [0.05, 0.1) is 0 Å². The molecule has 0 aromatic rings. The van der Waals surface area contributed by atoms with Crippen LogP contribution in [0.1, 0.15) is 58.3 Å². The molecule has 18 heavy (non-hydrogen) atoms. The third-order valence-corrected chi connectivity index (χ3v) is 4.70.